The number of nitrogens with zero attached hydrogens (tertiary/aromatic N) is 1. The zero-order valence-electron chi connectivity index (χ0n) is 11.0. The molecule has 0 bridgehead atoms. The Morgan fingerprint density at radius 1 is 1.40 bits per heavy atom. The number of hydrogen-bond acceptors (Lipinski definition) is 3. The van der Waals surface area contributed by atoms with Gasteiger partial charge in [-0.2, -0.15) is 0 Å². The average molecular weight is 297 g/mol. The second-order valence-electron chi connectivity index (χ2n) is 5.06. The first-order valence-corrected chi connectivity index (χ1v) is 7.08. The number of hydrogen-bond donors (Lipinski definition) is 2. The number of amides is 1. The lowest BCUT2D eigenvalue weighted by atomic mass is 9.79. The summed E-state index contributed by atoms with van der Waals surface area (Å²) in [5, 5.41) is 12.4. The van der Waals surface area contributed by atoms with Gasteiger partial charge in [-0.05, 0) is 30.9 Å². The minimum Gasteiger partial charge on any atom is -0.481 e. The fraction of sp³-hybridized carbons (Fsp3) is 0.500. The number of rotatable bonds is 4. The molecule has 0 radical (unpaired) electrons. The maximum atomic E-state index is 11.9. The highest BCUT2D eigenvalue weighted by molar-refractivity contribution is 6.30. The lowest BCUT2D eigenvalue weighted by molar-refractivity contribution is -0.144. The van der Waals surface area contributed by atoms with Crippen LogP contribution in [0.3, 0.4) is 0 Å². The standard InChI is InChI=1S/C14H17ClN2O3/c15-10-5-6-16-12(7-10)13(18)17-8-9-3-1-2-4-11(9)14(19)20/h5-7,9,11H,1-4,8H2,(H,17,18)(H,19,20). The molecule has 1 aliphatic rings. The van der Waals surface area contributed by atoms with Gasteiger partial charge in [0.1, 0.15) is 5.69 Å². The quantitative estimate of drug-likeness (QED) is 0.894. The van der Waals surface area contributed by atoms with E-state index in [0.717, 1.165) is 19.3 Å². The fourth-order valence-electron chi connectivity index (χ4n) is 2.62. The number of halogens is 1. The summed E-state index contributed by atoms with van der Waals surface area (Å²) in [6.45, 7) is 0.365. The number of carboxylic acid groups (broad SMARTS) is 1. The topological polar surface area (TPSA) is 79.3 Å². The minimum atomic E-state index is -0.773. The molecule has 20 heavy (non-hydrogen) atoms. The van der Waals surface area contributed by atoms with Gasteiger partial charge in [-0.3, -0.25) is 14.6 Å². The summed E-state index contributed by atoms with van der Waals surface area (Å²) < 4.78 is 0. The maximum absolute atomic E-state index is 11.9. The van der Waals surface area contributed by atoms with Gasteiger partial charge < -0.3 is 10.4 Å². The van der Waals surface area contributed by atoms with Crippen LogP contribution in [0.4, 0.5) is 0 Å². The van der Waals surface area contributed by atoms with E-state index in [-0.39, 0.29) is 23.4 Å². The van der Waals surface area contributed by atoms with Gasteiger partial charge in [0.05, 0.1) is 5.92 Å². The first-order chi connectivity index (χ1) is 9.58. The predicted octanol–water partition coefficient (Wildman–Crippen LogP) is 2.36. The van der Waals surface area contributed by atoms with Crippen LogP contribution in [0.15, 0.2) is 18.3 Å². The zero-order valence-corrected chi connectivity index (χ0v) is 11.8. The van der Waals surface area contributed by atoms with Crippen molar-refractivity contribution in [3.8, 4) is 0 Å². The zero-order chi connectivity index (χ0) is 14.5. The summed E-state index contributed by atoms with van der Waals surface area (Å²) in [7, 11) is 0. The minimum absolute atomic E-state index is 0.00983. The fourth-order valence-corrected chi connectivity index (χ4v) is 2.78. The van der Waals surface area contributed by atoms with Crippen molar-refractivity contribution in [3.05, 3.63) is 29.0 Å². The smallest absolute Gasteiger partial charge is 0.306 e. The molecule has 0 aliphatic heterocycles. The van der Waals surface area contributed by atoms with Gasteiger partial charge in [0.2, 0.25) is 0 Å². The molecule has 0 saturated heterocycles. The molecule has 5 nitrogen and oxygen atoms in total. The molecule has 2 N–H and O–H groups in total. The first kappa shape index (κ1) is 14.8. The van der Waals surface area contributed by atoms with Crippen molar-refractivity contribution < 1.29 is 14.7 Å². The molecule has 1 aromatic rings. The molecule has 2 atom stereocenters. The Morgan fingerprint density at radius 3 is 2.85 bits per heavy atom. The number of aromatic nitrogens is 1. The van der Waals surface area contributed by atoms with Crippen molar-refractivity contribution >= 4 is 23.5 Å². The van der Waals surface area contributed by atoms with E-state index in [1.54, 1.807) is 6.07 Å². The lowest BCUT2D eigenvalue weighted by Gasteiger charge is -2.28. The third-order valence-corrected chi connectivity index (χ3v) is 3.94. The summed E-state index contributed by atoms with van der Waals surface area (Å²) in [6.07, 6.45) is 4.94. The molecule has 1 amide bonds. The van der Waals surface area contributed by atoms with Crippen LogP contribution in [0.2, 0.25) is 5.02 Å². The molecule has 6 heteroatoms. The normalized spacial score (nSPS) is 22.2. The molecule has 108 valence electrons. The Labute approximate surface area is 122 Å². The Bertz CT molecular complexity index is 507. The number of carboxylic acids is 1. The van der Waals surface area contributed by atoms with Gasteiger partial charge in [-0.25, -0.2) is 0 Å². The van der Waals surface area contributed by atoms with E-state index < -0.39 is 5.97 Å². The van der Waals surface area contributed by atoms with Gasteiger partial charge >= 0.3 is 5.97 Å². The van der Waals surface area contributed by atoms with Crippen LogP contribution >= 0.6 is 11.6 Å². The predicted molar refractivity (Wildman–Crippen MR) is 74.7 cm³/mol. The summed E-state index contributed by atoms with van der Waals surface area (Å²) in [4.78, 5) is 27.1. The molecule has 0 spiro atoms. The van der Waals surface area contributed by atoms with Crippen molar-refractivity contribution in [1.82, 2.24) is 10.3 Å². The molecular weight excluding hydrogens is 280 g/mol. The highest BCUT2D eigenvalue weighted by Gasteiger charge is 2.30. The average Bonchev–Trinajstić information content (AvgIpc) is 2.45. The Morgan fingerprint density at radius 2 is 2.15 bits per heavy atom. The van der Waals surface area contributed by atoms with Crippen LogP contribution in [-0.4, -0.2) is 28.5 Å². The van der Waals surface area contributed by atoms with E-state index in [0.29, 0.717) is 18.0 Å². The molecule has 1 saturated carbocycles. The Kier molecular flexibility index (Phi) is 4.95. The molecule has 1 aromatic heterocycles. The second kappa shape index (κ2) is 6.70. The van der Waals surface area contributed by atoms with E-state index in [1.165, 1.54) is 12.3 Å². The van der Waals surface area contributed by atoms with Crippen molar-refractivity contribution in [3.63, 3.8) is 0 Å². The monoisotopic (exact) mass is 296 g/mol. The summed E-state index contributed by atoms with van der Waals surface area (Å²) in [6, 6.07) is 3.09. The van der Waals surface area contributed by atoms with Crippen molar-refractivity contribution in [1.29, 1.82) is 0 Å². The van der Waals surface area contributed by atoms with Crippen LogP contribution in [0, 0.1) is 11.8 Å². The lowest BCUT2D eigenvalue weighted by Crippen LogP contribution is -2.37. The summed E-state index contributed by atoms with van der Waals surface area (Å²) in [5.41, 5.74) is 0.250. The number of aliphatic carboxylic acids is 1. The number of carbonyl (C=O) groups excluding carboxylic acids is 1. The van der Waals surface area contributed by atoms with E-state index in [9.17, 15) is 14.7 Å². The van der Waals surface area contributed by atoms with Gasteiger partial charge in [-0.15, -0.1) is 0 Å². The van der Waals surface area contributed by atoms with Gasteiger partial charge in [0.15, 0.2) is 0 Å². The molecular formula is C14H17ClN2O3. The van der Waals surface area contributed by atoms with E-state index in [4.69, 9.17) is 11.6 Å². The number of pyridine rings is 1. The van der Waals surface area contributed by atoms with Crippen LogP contribution in [0.1, 0.15) is 36.2 Å². The van der Waals surface area contributed by atoms with Crippen LogP contribution in [-0.2, 0) is 4.79 Å². The van der Waals surface area contributed by atoms with Gasteiger partial charge in [0, 0.05) is 17.8 Å². The maximum Gasteiger partial charge on any atom is 0.306 e. The third-order valence-electron chi connectivity index (χ3n) is 3.71. The largest absolute Gasteiger partial charge is 0.481 e. The Balaban J connectivity index is 1.93. The highest BCUT2D eigenvalue weighted by Crippen LogP contribution is 2.29. The molecule has 2 rings (SSSR count). The Hall–Kier alpha value is -1.62. The van der Waals surface area contributed by atoms with Crippen LogP contribution in [0.25, 0.3) is 0 Å². The van der Waals surface area contributed by atoms with Crippen molar-refractivity contribution in [2.24, 2.45) is 11.8 Å². The van der Waals surface area contributed by atoms with E-state index in [2.05, 4.69) is 10.3 Å². The molecule has 0 aromatic carbocycles. The first-order valence-electron chi connectivity index (χ1n) is 6.70. The summed E-state index contributed by atoms with van der Waals surface area (Å²) in [5.74, 6) is -1.47. The highest BCUT2D eigenvalue weighted by atomic mass is 35.5. The molecule has 2 unspecified atom stereocenters. The number of carbonyl (C=O) groups is 2. The third kappa shape index (κ3) is 3.70. The van der Waals surface area contributed by atoms with Crippen LogP contribution in [0.5, 0.6) is 0 Å². The molecule has 1 fully saturated rings. The van der Waals surface area contributed by atoms with E-state index >= 15 is 0 Å². The van der Waals surface area contributed by atoms with Gasteiger partial charge in [-0.1, -0.05) is 24.4 Å². The van der Waals surface area contributed by atoms with E-state index in [1.807, 2.05) is 0 Å². The van der Waals surface area contributed by atoms with Crippen LogP contribution < -0.4 is 5.32 Å². The van der Waals surface area contributed by atoms with Gasteiger partial charge in [0.25, 0.3) is 5.91 Å². The van der Waals surface area contributed by atoms with Crippen molar-refractivity contribution in [2.75, 3.05) is 6.54 Å². The van der Waals surface area contributed by atoms with Crippen molar-refractivity contribution in [2.45, 2.75) is 25.7 Å². The molecule has 1 aliphatic carbocycles. The molecule has 1 heterocycles. The SMILES string of the molecule is O=C(NCC1CCCCC1C(=O)O)c1cc(Cl)ccn1. The number of nitrogens with one attached hydrogen (secondary N) is 1. The summed E-state index contributed by atoms with van der Waals surface area (Å²) >= 11 is 5.80. The second-order valence-corrected chi connectivity index (χ2v) is 5.50.